The first-order chi connectivity index (χ1) is 17.0. The highest BCUT2D eigenvalue weighted by Gasteiger charge is 2.11. The van der Waals surface area contributed by atoms with Crippen LogP contribution in [0.1, 0.15) is 11.3 Å². The van der Waals surface area contributed by atoms with Gasteiger partial charge in [0, 0.05) is 22.3 Å². The molecule has 3 N–H and O–H groups in total. The monoisotopic (exact) mass is 499 g/mol. The standard InChI is InChI=1S/C26H21N5O2S2/c1-16-7-12-21-22(13-16)35-24(30-21)17-8-10-19(11-9-17)27-23(32)14-20-15-34-26(29-20)31-25(33)28-18-5-3-2-4-6-18/h2-13,15H,14H2,1H3,(H,27,32)(H2,28,29,31,33). The fraction of sp³-hybridized carbons (Fsp3) is 0.0769. The number of aryl methyl sites for hydroxylation is 1. The topological polar surface area (TPSA) is 96.0 Å². The molecule has 0 fully saturated rings. The number of nitrogens with one attached hydrogen (secondary N) is 3. The number of nitrogens with zero attached hydrogens (tertiary/aromatic N) is 2. The van der Waals surface area contributed by atoms with Crippen molar-refractivity contribution in [2.45, 2.75) is 13.3 Å². The minimum atomic E-state index is -0.384. The zero-order valence-electron chi connectivity index (χ0n) is 18.7. The summed E-state index contributed by atoms with van der Waals surface area (Å²) in [6.07, 6.45) is 0.109. The van der Waals surface area contributed by atoms with E-state index in [4.69, 9.17) is 4.98 Å². The molecular weight excluding hydrogens is 478 g/mol. The lowest BCUT2D eigenvalue weighted by molar-refractivity contribution is -0.115. The van der Waals surface area contributed by atoms with Crippen LogP contribution in [0.5, 0.6) is 0 Å². The fourth-order valence-electron chi connectivity index (χ4n) is 3.45. The van der Waals surface area contributed by atoms with E-state index in [-0.39, 0.29) is 18.4 Å². The van der Waals surface area contributed by atoms with Gasteiger partial charge in [0.2, 0.25) is 5.91 Å². The van der Waals surface area contributed by atoms with Gasteiger partial charge in [-0.05, 0) is 61.0 Å². The number of aromatic nitrogens is 2. The van der Waals surface area contributed by atoms with E-state index in [2.05, 4.69) is 40.0 Å². The number of fused-ring (bicyclic) bond motifs is 1. The van der Waals surface area contributed by atoms with Crippen LogP contribution in [0.2, 0.25) is 0 Å². The van der Waals surface area contributed by atoms with Gasteiger partial charge in [0.15, 0.2) is 5.13 Å². The van der Waals surface area contributed by atoms with Crippen LogP contribution >= 0.6 is 22.7 Å². The smallest absolute Gasteiger partial charge is 0.325 e. The number of amides is 3. The lowest BCUT2D eigenvalue weighted by Crippen LogP contribution is -2.19. The molecular formula is C26H21N5O2S2. The van der Waals surface area contributed by atoms with Crippen LogP contribution < -0.4 is 16.0 Å². The highest BCUT2D eigenvalue weighted by molar-refractivity contribution is 7.21. The quantitative estimate of drug-likeness (QED) is 0.247. The number of hydrogen-bond acceptors (Lipinski definition) is 6. The lowest BCUT2D eigenvalue weighted by atomic mass is 10.2. The molecule has 3 aromatic carbocycles. The van der Waals surface area contributed by atoms with Gasteiger partial charge in [0.25, 0.3) is 0 Å². The third kappa shape index (κ3) is 5.71. The molecule has 35 heavy (non-hydrogen) atoms. The molecule has 0 radical (unpaired) electrons. The van der Waals surface area contributed by atoms with E-state index in [1.54, 1.807) is 28.8 Å². The summed E-state index contributed by atoms with van der Waals surface area (Å²) in [6, 6.07) is 22.6. The Morgan fingerprint density at radius 1 is 0.857 bits per heavy atom. The normalized spacial score (nSPS) is 10.8. The van der Waals surface area contributed by atoms with Gasteiger partial charge in [-0.25, -0.2) is 14.8 Å². The summed E-state index contributed by atoms with van der Waals surface area (Å²) in [5, 5.41) is 11.5. The first-order valence-corrected chi connectivity index (χ1v) is 12.6. The molecule has 0 atom stereocenters. The number of anilines is 3. The van der Waals surface area contributed by atoms with E-state index in [0.29, 0.717) is 22.2 Å². The van der Waals surface area contributed by atoms with Crippen molar-refractivity contribution >= 4 is 61.3 Å². The summed E-state index contributed by atoms with van der Waals surface area (Å²) in [6.45, 7) is 2.07. The molecule has 0 aliphatic carbocycles. The minimum absolute atomic E-state index is 0.109. The van der Waals surface area contributed by atoms with Crippen molar-refractivity contribution in [3.63, 3.8) is 0 Å². The molecule has 3 amide bonds. The highest BCUT2D eigenvalue weighted by Crippen LogP contribution is 2.31. The number of carbonyl (C=O) groups excluding carboxylic acids is 2. The lowest BCUT2D eigenvalue weighted by Gasteiger charge is -2.05. The van der Waals surface area contributed by atoms with Gasteiger partial charge in [0.1, 0.15) is 5.01 Å². The largest absolute Gasteiger partial charge is 0.326 e. The maximum atomic E-state index is 12.5. The molecule has 5 rings (SSSR count). The van der Waals surface area contributed by atoms with Crippen molar-refractivity contribution in [1.29, 1.82) is 0 Å². The average Bonchev–Trinajstić information content (AvgIpc) is 3.46. The maximum Gasteiger partial charge on any atom is 0.325 e. The van der Waals surface area contributed by atoms with Crippen molar-refractivity contribution in [3.8, 4) is 10.6 Å². The maximum absolute atomic E-state index is 12.5. The summed E-state index contributed by atoms with van der Waals surface area (Å²) in [5.41, 5.74) is 5.18. The molecule has 7 nitrogen and oxygen atoms in total. The zero-order chi connectivity index (χ0) is 24.2. The van der Waals surface area contributed by atoms with Crippen molar-refractivity contribution in [3.05, 3.63) is 89.4 Å². The summed E-state index contributed by atoms with van der Waals surface area (Å²) in [7, 11) is 0. The first-order valence-electron chi connectivity index (χ1n) is 10.9. The van der Waals surface area contributed by atoms with E-state index in [0.717, 1.165) is 20.8 Å². The summed E-state index contributed by atoms with van der Waals surface area (Å²) >= 11 is 2.92. The van der Waals surface area contributed by atoms with Crippen LogP contribution in [0.3, 0.4) is 0 Å². The van der Waals surface area contributed by atoms with Gasteiger partial charge >= 0.3 is 6.03 Å². The van der Waals surface area contributed by atoms with Crippen LogP contribution in [0.25, 0.3) is 20.8 Å². The Morgan fingerprint density at radius 3 is 2.43 bits per heavy atom. The van der Waals surface area contributed by atoms with Crippen LogP contribution in [-0.2, 0) is 11.2 Å². The van der Waals surface area contributed by atoms with E-state index in [1.165, 1.54) is 16.9 Å². The molecule has 9 heteroatoms. The second-order valence-electron chi connectivity index (χ2n) is 7.88. The average molecular weight is 500 g/mol. The Morgan fingerprint density at radius 2 is 1.63 bits per heavy atom. The molecule has 0 unspecified atom stereocenters. The van der Waals surface area contributed by atoms with Crippen LogP contribution in [0.4, 0.5) is 21.3 Å². The van der Waals surface area contributed by atoms with Crippen molar-refractivity contribution < 1.29 is 9.59 Å². The Labute approximate surface area is 209 Å². The first kappa shape index (κ1) is 22.7. The van der Waals surface area contributed by atoms with Crippen molar-refractivity contribution in [2.75, 3.05) is 16.0 Å². The Bertz CT molecular complexity index is 1490. The van der Waals surface area contributed by atoms with E-state index >= 15 is 0 Å². The molecule has 0 saturated heterocycles. The summed E-state index contributed by atoms with van der Waals surface area (Å²) in [5.74, 6) is -0.182. The van der Waals surface area contributed by atoms with Crippen molar-refractivity contribution in [2.24, 2.45) is 0 Å². The van der Waals surface area contributed by atoms with Gasteiger partial charge in [0.05, 0.1) is 22.3 Å². The second-order valence-corrected chi connectivity index (χ2v) is 9.77. The molecule has 0 saturated carbocycles. The van der Waals surface area contributed by atoms with Gasteiger partial charge in [-0.2, -0.15) is 0 Å². The predicted octanol–water partition coefficient (Wildman–Crippen LogP) is 6.55. The third-order valence-corrected chi connectivity index (χ3v) is 6.98. The van der Waals surface area contributed by atoms with Gasteiger partial charge in [-0.3, -0.25) is 10.1 Å². The van der Waals surface area contributed by atoms with Crippen LogP contribution in [0.15, 0.2) is 78.2 Å². The van der Waals surface area contributed by atoms with E-state index in [1.807, 2.05) is 48.5 Å². The minimum Gasteiger partial charge on any atom is -0.326 e. The second kappa shape index (κ2) is 10.0. The highest BCUT2D eigenvalue weighted by atomic mass is 32.1. The summed E-state index contributed by atoms with van der Waals surface area (Å²) in [4.78, 5) is 33.7. The molecule has 5 aromatic rings. The van der Waals surface area contributed by atoms with Gasteiger partial charge < -0.3 is 10.6 Å². The number of para-hydroxylation sites is 1. The third-order valence-electron chi connectivity index (χ3n) is 5.11. The van der Waals surface area contributed by atoms with Gasteiger partial charge in [-0.15, -0.1) is 22.7 Å². The Kier molecular flexibility index (Phi) is 6.51. The van der Waals surface area contributed by atoms with E-state index < -0.39 is 0 Å². The van der Waals surface area contributed by atoms with Crippen LogP contribution in [-0.4, -0.2) is 21.9 Å². The molecule has 0 aliphatic rings. The molecule has 0 aliphatic heterocycles. The zero-order valence-corrected chi connectivity index (χ0v) is 20.4. The number of urea groups is 1. The number of hydrogen-bond donors (Lipinski definition) is 3. The molecule has 2 heterocycles. The summed E-state index contributed by atoms with van der Waals surface area (Å²) < 4.78 is 1.16. The van der Waals surface area contributed by atoms with Crippen LogP contribution in [0, 0.1) is 6.92 Å². The van der Waals surface area contributed by atoms with Gasteiger partial charge in [-0.1, -0.05) is 24.3 Å². The molecule has 0 spiro atoms. The Balaban J connectivity index is 1.16. The number of benzene rings is 3. The number of carbonyl (C=O) groups is 2. The number of thiazole rings is 2. The fourth-order valence-corrected chi connectivity index (χ4v) is 5.22. The molecule has 174 valence electrons. The molecule has 0 bridgehead atoms. The van der Waals surface area contributed by atoms with E-state index in [9.17, 15) is 9.59 Å². The van der Waals surface area contributed by atoms with Crippen molar-refractivity contribution in [1.82, 2.24) is 9.97 Å². The number of rotatable bonds is 6. The molecule has 2 aromatic heterocycles. The predicted molar refractivity (Wildman–Crippen MR) is 143 cm³/mol. The SMILES string of the molecule is Cc1ccc2nc(-c3ccc(NC(=O)Cc4csc(NC(=O)Nc5ccccc5)n4)cc3)sc2c1. The Hall–Kier alpha value is -4.08.